The Hall–Kier alpha value is -0.120. The van der Waals surface area contributed by atoms with Gasteiger partial charge in [0, 0.05) is 32.3 Å². The van der Waals surface area contributed by atoms with Gasteiger partial charge in [0.2, 0.25) is 0 Å². The van der Waals surface area contributed by atoms with E-state index >= 15 is 0 Å². The van der Waals surface area contributed by atoms with Crippen LogP contribution in [0.4, 0.5) is 0 Å². The van der Waals surface area contributed by atoms with Crippen molar-refractivity contribution < 1.29 is 4.74 Å². The Kier molecular flexibility index (Phi) is 4.91. The Bertz CT molecular complexity index is 292. The van der Waals surface area contributed by atoms with Crippen LogP contribution in [0, 0.1) is 17.3 Å². The molecule has 1 aliphatic heterocycles. The van der Waals surface area contributed by atoms with Crippen molar-refractivity contribution in [3.8, 4) is 0 Å². The first-order valence-electron chi connectivity index (χ1n) is 8.00. The molecule has 0 amide bonds. The summed E-state index contributed by atoms with van der Waals surface area (Å²) >= 11 is 0. The molecule has 2 aliphatic rings. The molecule has 2 N–H and O–H groups in total. The summed E-state index contributed by atoms with van der Waals surface area (Å²) in [4.78, 5) is 2.62. The molecule has 3 nitrogen and oxygen atoms in total. The van der Waals surface area contributed by atoms with Crippen molar-refractivity contribution in [3.05, 3.63) is 0 Å². The molecule has 0 aromatic carbocycles. The Morgan fingerprint density at radius 3 is 2.74 bits per heavy atom. The van der Waals surface area contributed by atoms with Crippen LogP contribution < -0.4 is 5.73 Å². The Morgan fingerprint density at radius 2 is 2.00 bits per heavy atom. The molecule has 1 saturated carbocycles. The van der Waals surface area contributed by atoms with Crippen molar-refractivity contribution in [2.45, 2.75) is 59.1 Å². The summed E-state index contributed by atoms with van der Waals surface area (Å²) in [6, 6.07) is 0.387. The lowest BCUT2D eigenvalue weighted by Gasteiger charge is -2.48. The average Bonchev–Trinajstić information content (AvgIpc) is 2.55. The molecular weight excluding hydrogens is 236 g/mol. The minimum absolute atomic E-state index is 0.355. The monoisotopic (exact) mass is 268 g/mol. The minimum Gasteiger partial charge on any atom is -0.377 e. The van der Waals surface area contributed by atoms with Gasteiger partial charge in [-0.2, -0.15) is 0 Å². The maximum absolute atomic E-state index is 6.26. The summed E-state index contributed by atoms with van der Waals surface area (Å²) in [6.45, 7) is 13.8. The largest absolute Gasteiger partial charge is 0.377 e. The third-order valence-corrected chi connectivity index (χ3v) is 5.73. The van der Waals surface area contributed by atoms with E-state index in [-0.39, 0.29) is 0 Å². The Morgan fingerprint density at radius 1 is 1.26 bits per heavy atom. The van der Waals surface area contributed by atoms with Gasteiger partial charge >= 0.3 is 0 Å². The maximum Gasteiger partial charge on any atom is 0.0673 e. The van der Waals surface area contributed by atoms with E-state index in [0.29, 0.717) is 23.5 Å². The molecule has 0 aromatic heterocycles. The molecule has 1 aliphatic carbocycles. The predicted octanol–water partition coefficient (Wildman–Crippen LogP) is 2.50. The van der Waals surface area contributed by atoms with E-state index in [2.05, 4.69) is 32.6 Å². The van der Waals surface area contributed by atoms with Gasteiger partial charge in [-0.3, -0.25) is 0 Å². The molecule has 3 heteroatoms. The molecule has 19 heavy (non-hydrogen) atoms. The van der Waals surface area contributed by atoms with Crippen molar-refractivity contribution >= 4 is 0 Å². The zero-order chi connectivity index (χ0) is 14.0. The van der Waals surface area contributed by atoms with E-state index in [1.165, 1.54) is 32.4 Å². The summed E-state index contributed by atoms with van der Waals surface area (Å²) < 4.78 is 5.75. The van der Waals surface area contributed by atoms with Crippen molar-refractivity contribution in [3.63, 3.8) is 0 Å². The molecule has 1 heterocycles. The Balaban J connectivity index is 1.97. The van der Waals surface area contributed by atoms with Crippen LogP contribution in [-0.2, 0) is 4.74 Å². The lowest BCUT2D eigenvalue weighted by Crippen LogP contribution is -2.50. The molecule has 112 valence electrons. The molecular formula is C16H32N2O. The van der Waals surface area contributed by atoms with E-state index in [9.17, 15) is 0 Å². The lowest BCUT2D eigenvalue weighted by molar-refractivity contribution is 0.0196. The number of nitrogens with two attached hydrogens (primary N) is 1. The van der Waals surface area contributed by atoms with Crippen LogP contribution in [0.5, 0.6) is 0 Å². The van der Waals surface area contributed by atoms with Crippen LogP contribution in [0.15, 0.2) is 0 Å². The van der Waals surface area contributed by atoms with Crippen LogP contribution in [0.25, 0.3) is 0 Å². The predicted molar refractivity (Wildman–Crippen MR) is 80.1 cm³/mol. The van der Waals surface area contributed by atoms with Gasteiger partial charge in [-0.25, -0.2) is 0 Å². The highest BCUT2D eigenvalue weighted by Crippen LogP contribution is 2.44. The van der Waals surface area contributed by atoms with Crippen LogP contribution >= 0.6 is 0 Å². The molecule has 2 rings (SSSR count). The fourth-order valence-electron chi connectivity index (χ4n) is 3.82. The van der Waals surface area contributed by atoms with Crippen molar-refractivity contribution in [2.75, 3.05) is 26.2 Å². The first-order valence-corrected chi connectivity index (χ1v) is 8.00. The third kappa shape index (κ3) is 3.50. The second kappa shape index (κ2) is 6.11. The molecule has 1 saturated heterocycles. The molecule has 2 fully saturated rings. The standard InChI is InChI=1S/C16H32N2O/c1-12-10-18(8-5-9-19-12)11-14-6-7-15(17)13(2)16(14,3)4/h12-15H,5-11,17H2,1-4H3. The quantitative estimate of drug-likeness (QED) is 0.836. The zero-order valence-corrected chi connectivity index (χ0v) is 13.2. The lowest BCUT2D eigenvalue weighted by atomic mass is 9.61. The first kappa shape index (κ1) is 15.3. The molecule has 0 bridgehead atoms. The smallest absolute Gasteiger partial charge is 0.0673 e. The molecule has 0 aromatic rings. The molecule has 0 radical (unpaired) electrons. The van der Waals surface area contributed by atoms with E-state index in [0.717, 1.165) is 19.1 Å². The fraction of sp³-hybridized carbons (Fsp3) is 1.00. The van der Waals surface area contributed by atoms with Crippen molar-refractivity contribution in [1.82, 2.24) is 4.90 Å². The third-order valence-electron chi connectivity index (χ3n) is 5.73. The summed E-state index contributed by atoms with van der Waals surface area (Å²) in [6.07, 6.45) is 4.03. The number of rotatable bonds is 2. The van der Waals surface area contributed by atoms with E-state index in [1.807, 2.05) is 0 Å². The number of hydrogen-bond acceptors (Lipinski definition) is 3. The average molecular weight is 268 g/mol. The highest BCUT2D eigenvalue weighted by atomic mass is 16.5. The normalized spacial score (nSPS) is 40.9. The van der Waals surface area contributed by atoms with Gasteiger partial charge in [0.25, 0.3) is 0 Å². The van der Waals surface area contributed by atoms with Crippen molar-refractivity contribution in [2.24, 2.45) is 23.0 Å². The van der Waals surface area contributed by atoms with Gasteiger partial charge in [-0.15, -0.1) is 0 Å². The first-order chi connectivity index (χ1) is 8.91. The van der Waals surface area contributed by atoms with Gasteiger partial charge < -0.3 is 15.4 Å². The number of ether oxygens (including phenoxy) is 1. The topological polar surface area (TPSA) is 38.5 Å². The van der Waals surface area contributed by atoms with Gasteiger partial charge in [0.05, 0.1) is 6.10 Å². The van der Waals surface area contributed by atoms with Crippen LogP contribution in [0.1, 0.15) is 47.0 Å². The fourth-order valence-corrected chi connectivity index (χ4v) is 3.82. The van der Waals surface area contributed by atoms with Gasteiger partial charge in [0.15, 0.2) is 0 Å². The molecule has 0 spiro atoms. The highest BCUT2D eigenvalue weighted by molar-refractivity contribution is 4.94. The zero-order valence-electron chi connectivity index (χ0n) is 13.2. The number of hydrogen-bond donors (Lipinski definition) is 1. The second-order valence-corrected chi connectivity index (χ2v) is 7.34. The van der Waals surface area contributed by atoms with Crippen molar-refractivity contribution in [1.29, 1.82) is 0 Å². The maximum atomic E-state index is 6.26. The summed E-state index contributed by atoms with van der Waals surface area (Å²) in [5.74, 6) is 1.39. The Labute approximate surface area is 118 Å². The SMILES string of the molecule is CC1CN(CC2CCC(N)C(C)C2(C)C)CCCO1. The van der Waals surface area contributed by atoms with Gasteiger partial charge in [0.1, 0.15) is 0 Å². The van der Waals surface area contributed by atoms with Crippen LogP contribution in [0.3, 0.4) is 0 Å². The molecule has 4 unspecified atom stereocenters. The summed E-state index contributed by atoms with van der Waals surface area (Å²) in [5.41, 5.74) is 6.62. The van der Waals surface area contributed by atoms with E-state index in [1.54, 1.807) is 0 Å². The van der Waals surface area contributed by atoms with E-state index in [4.69, 9.17) is 10.5 Å². The molecule has 4 atom stereocenters. The number of nitrogens with zero attached hydrogens (tertiary/aromatic N) is 1. The second-order valence-electron chi connectivity index (χ2n) is 7.34. The van der Waals surface area contributed by atoms with Crippen LogP contribution in [0.2, 0.25) is 0 Å². The van der Waals surface area contributed by atoms with Crippen LogP contribution in [-0.4, -0.2) is 43.3 Å². The van der Waals surface area contributed by atoms with Gasteiger partial charge in [-0.1, -0.05) is 20.8 Å². The minimum atomic E-state index is 0.355. The van der Waals surface area contributed by atoms with E-state index < -0.39 is 0 Å². The summed E-state index contributed by atoms with van der Waals surface area (Å²) in [5, 5.41) is 0. The summed E-state index contributed by atoms with van der Waals surface area (Å²) in [7, 11) is 0. The van der Waals surface area contributed by atoms with Gasteiger partial charge in [-0.05, 0) is 43.4 Å². The highest BCUT2D eigenvalue weighted by Gasteiger charge is 2.42.